The van der Waals surface area contributed by atoms with Crippen LogP contribution in [0.1, 0.15) is 18.5 Å². The molecule has 0 atom stereocenters. The van der Waals surface area contributed by atoms with E-state index in [4.69, 9.17) is 0 Å². The molecule has 134 valence electrons. The van der Waals surface area contributed by atoms with Gasteiger partial charge in [0.1, 0.15) is 10.7 Å². The lowest BCUT2D eigenvalue weighted by molar-refractivity contribution is -0.126. The molecule has 1 aliphatic rings. The smallest absolute Gasteiger partial charge is 0.245 e. The number of thiazole rings is 1. The molecular formula is C16H18FN3O3S2. The molecule has 6 nitrogen and oxygen atoms in total. The second kappa shape index (κ2) is 7.59. The van der Waals surface area contributed by atoms with Crippen molar-refractivity contribution in [2.75, 3.05) is 13.1 Å². The summed E-state index contributed by atoms with van der Waals surface area (Å²) in [6, 6.07) is 5.34. The van der Waals surface area contributed by atoms with Gasteiger partial charge in [0, 0.05) is 24.4 Å². The number of hydrogen-bond acceptors (Lipinski definition) is 5. The summed E-state index contributed by atoms with van der Waals surface area (Å²) in [5, 5.41) is 4.69. The molecule has 0 unspecified atom stereocenters. The van der Waals surface area contributed by atoms with Gasteiger partial charge in [-0.25, -0.2) is 17.8 Å². The predicted octanol–water partition coefficient (Wildman–Crippen LogP) is 2.00. The van der Waals surface area contributed by atoms with Gasteiger partial charge >= 0.3 is 0 Å². The van der Waals surface area contributed by atoms with Crippen LogP contribution in [0.5, 0.6) is 0 Å². The highest BCUT2D eigenvalue weighted by Crippen LogP contribution is 2.25. The minimum atomic E-state index is -3.87. The van der Waals surface area contributed by atoms with Crippen molar-refractivity contribution in [1.29, 1.82) is 0 Å². The quantitative estimate of drug-likeness (QED) is 0.857. The summed E-state index contributed by atoms with van der Waals surface area (Å²) in [5.41, 5.74) is 2.51. The number of benzene rings is 1. The van der Waals surface area contributed by atoms with E-state index in [0.29, 0.717) is 19.4 Å². The molecule has 1 aromatic carbocycles. The van der Waals surface area contributed by atoms with E-state index in [1.807, 2.05) is 5.38 Å². The number of carbonyl (C=O) groups excluding carboxylic acids is 1. The van der Waals surface area contributed by atoms with Gasteiger partial charge in [-0.1, -0.05) is 12.1 Å². The first-order valence-corrected chi connectivity index (χ1v) is 10.3. The Kier molecular flexibility index (Phi) is 5.45. The van der Waals surface area contributed by atoms with Crippen LogP contribution >= 0.6 is 11.3 Å². The standard InChI is InChI=1S/C16H18FN3O3S2/c17-14-3-1-2-4-15(14)25(22,23)20-7-5-12(6-8-20)16(21)18-9-13-10-24-11-19-13/h1-4,10-12H,5-9H2,(H,18,21). The molecule has 1 aromatic heterocycles. The molecule has 9 heteroatoms. The molecule has 0 spiro atoms. The highest BCUT2D eigenvalue weighted by molar-refractivity contribution is 7.89. The Hall–Kier alpha value is -1.84. The molecule has 1 N–H and O–H groups in total. The summed E-state index contributed by atoms with van der Waals surface area (Å²) in [6.45, 7) is 0.771. The number of nitrogens with one attached hydrogen (secondary N) is 1. The van der Waals surface area contributed by atoms with E-state index in [1.54, 1.807) is 5.51 Å². The maximum atomic E-state index is 13.8. The minimum absolute atomic E-state index is 0.101. The van der Waals surface area contributed by atoms with Crippen molar-refractivity contribution >= 4 is 27.3 Å². The van der Waals surface area contributed by atoms with Gasteiger partial charge in [0.05, 0.1) is 17.7 Å². The molecule has 1 amide bonds. The molecule has 0 saturated carbocycles. The van der Waals surface area contributed by atoms with Gasteiger partial charge < -0.3 is 5.32 Å². The number of nitrogens with zero attached hydrogens (tertiary/aromatic N) is 2. The summed E-state index contributed by atoms with van der Waals surface area (Å²) in [5.74, 6) is -1.10. The van der Waals surface area contributed by atoms with Gasteiger partial charge in [-0.15, -0.1) is 11.3 Å². The second-order valence-corrected chi connectivity index (χ2v) is 8.43. The van der Waals surface area contributed by atoms with Crippen molar-refractivity contribution in [1.82, 2.24) is 14.6 Å². The lowest BCUT2D eigenvalue weighted by Crippen LogP contribution is -2.43. The van der Waals surface area contributed by atoms with Crippen molar-refractivity contribution in [2.24, 2.45) is 5.92 Å². The lowest BCUT2D eigenvalue weighted by atomic mass is 9.97. The normalized spacial score (nSPS) is 16.7. The van der Waals surface area contributed by atoms with Crippen LogP contribution in [0.15, 0.2) is 40.1 Å². The topological polar surface area (TPSA) is 79.4 Å². The monoisotopic (exact) mass is 383 g/mol. The fraction of sp³-hybridized carbons (Fsp3) is 0.375. The fourth-order valence-electron chi connectivity index (χ4n) is 2.80. The number of halogens is 1. The molecule has 2 aromatic rings. The van der Waals surface area contributed by atoms with Crippen LogP contribution in [0.4, 0.5) is 4.39 Å². The van der Waals surface area contributed by atoms with Crippen LogP contribution < -0.4 is 5.32 Å². The van der Waals surface area contributed by atoms with Gasteiger partial charge in [0.15, 0.2) is 0 Å². The molecular weight excluding hydrogens is 365 g/mol. The van der Waals surface area contributed by atoms with Crippen LogP contribution in [0, 0.1) is 11.7 Å². The van der Waals surface area contributed by atoms with Gasteiger partial charge in [-0.2, -0.15) is 4.31 Å². The Balaban J connectivity index is 1.58. The lowest BCUT2D eigenvalue weighted by Gasteiger charge is -2.30. The van der Waals surface area contributed by atoms with Crippen molar-refractivity contribution < 1.29 is 17.6 Å². The number of carbonyl (C=O) groups is 1. The first kappa shape index (κ1) is 18.0. The van der Waals surface area contributed by atoms with Gasteiger partial charge in [-0.05, 0) is 25.0 Å². The zero-order chi connectivity index (χ0) is 17.9. The largest absolute Gasteiger partial charge is 0.350 e. The number of hydrogen-bond donors (Lipinski definition) is 1. The Labute approximate surface area is 149 Å². The van der Waals surface area contributed by atoms with E-state index in [-0.39, 0.29) is 29.8 Å². The van der Waals surface area contributed by atoms with Crippen molar-refractivity contribution in [3.05, 3.63) is 46.7 Å². The van der Waals surface area contributed by atoms with Crippen LogP contribution in [-0.2, 0) is 21.4 Å². The third-order valence-electron chi connectivity index (χ3n) is 4.21. The predicted molar refractivity (Wildman–Crippen MR) is 91.8 cm³/mol. The zero-order valence-electron chi connectivity index (χ0n) is 13.4. The molecule has 1 fully saturated rings. The van der Waals surface area contributed by atoms with Gasteiger partial charge in [0.2, 0.25) is 15.9 Å². The summed E-state index contributed by atoms with van der Waals surface area (Å²) in [4.78, 5) is 16.0. The molecule has 2 heterocycles. The first-order valence-electron chi connectivity index (χ1n) is 7.88. The number of aromatic nitrogens is 1. The Morgan fingerprint density at radius 3 is 2.68 bits per heavy atom. The minimum Gasteiger partial charge on any atom is -0.350 e. The summed E-state index contributed by atoms with van der Waals surface area (Å²) in [7, 11) is -3.87. The molecule has 0 bridgehead atoms. The van der Waals surface area contributed by atoms with Crippen molar-refractivity contribution in [3.8, 4) is 0 Å². The number of sulfonamides is 1. The van der Waals surface area contributed by atoms with E-state index in [1.165, 1.54) is 33.8 Å². The van der Waals surface area contributed by atoms with Crippen molar-refractivity contribution in [3.63, 3.8) is 0 Å². The molecule has 0 radical (unpaired) electrons. The van der Waals surface area contributed by atoms with E-state index in [0.717, 1.165) is 11.8 Å². The zero-order valence-corrected chi connectivity index (χ0v) is 15.0. The second-order valence-electron chi connectivity index (χ2n) is 5.81. The summed E-state index contributed by atoms with van der Waals surface area (Å²) >= 11 is 1.46. The highest BCUT2D eigenvalue weighted by atomic mass is 32.2. The van der Waals surface area contributed by atoms with E-state index < -0.39 is 15.8 Å². The molecule has 3 rings (SSSR count). The number of amides is 1. The maximum absolute atomic E-state index is 13.8. The first-order chi connectivity index (χ1) is 12.0. The average molecular weight is 383 g/mol. The van der Waals surface area contributed by atoms with E-state index in [9.17, 15) is 17.6 Å². The van der Waals surface area contributed by atoms with Crippen LogP contribution in [-0.4, -0.2) is 36.7 Å². The Morgan fingerprint density at radius 2 is 2.04 bits per heavy atom. The van der Waals surface area contributed by atoms with Crippen molar-refractivity contribution in [2.45, 2.75) is 24.3 Å². The molecule has 1 aliphatic heterocycles. The maximum Gasteiger partial charge on any atom is 0.245 e. The Bertz CT molecular complexity index is 832. The van der Waals surface area contributed by atoms with Crippen LogP contribution in [0.2, 0.25) is 0 Å². The van der Waals surface area contributed by atoms with E-state index in [2.05, 4.69) is 10.3 Å². The third kappa shape index (κ3) is 4.05. The molecule has 1 saturated heterocycles. The number of piperidine rings is 1. The number of rotatable bonds is 5. The Morgan fingerprint density at radius 1 is 1.32 bits per heavy atom. The van der Waals surface area contributed by atoms with Gasteiger partial charge in [-0.3, -0.25) is 4.79 Å². The van der Waals surface area contributed by atoms with E-state index >= 15 is 0 Å². The molecule has 0 aliphatic carbocycles. The fourth-order valence-corrected chi connectivity index (χ4v) is 4.89. The molecule has 25 heavy (non-hydrogen) atoms. The van der Waals surface area contributed by atoms with Crippen LogP contribution in [0.25, 0.3) is 0 Å². The SMILES string of the molecule is O=C(NCc1cscn1)C1CCN(S(=O)(=O)c2ccccc2F)CC1. The highest BCUT2D eigenvalue weighted by Gasteiger charge is 2.33. The summed E-state index contributed by atoms with van der Waals surface area (Å²) in [6.07, 6.45) is 0.827. The summed E-state index contributed by atoms with van der Waals surface area (Å²) < 4.78 is 40.1. The van der Waals surface area contributed by atoms with Gasteiger partial charge in [0.25, 0.3) is 0 Å². The third-order valence-corrected chi connectivity index (χ3v) is 6.77. The average Bonchev–Trinajstić information content (AvgIpc) is 3.13. The van der Waals surface area contributed by atoms with Crippen LogP contribution in [0.3, 0.4) is 0 Å².